The SMILES string of the molecule is Cc1ccc([C@H](CNC(=O)COc2ccc(Cl)cc2)N2CCN(C)CC2)cc1. The van der Waals surface area contributed by atoms with Gasteiger partial charge in [-0.2, -0.15) is 0 Å². The number of nitrogens with zero attached hydrogens (tertiary/aromatic N) is 2. The van der Waals surface area contributed by atoms with Crippen molar-refractivity contribution in [3.63, 3.8) is 0 Å². The van der Waals surface area contributed by atoms with Gasteiger partial charge in [-0.25, -0.2) is 0 Å². The Morgan fingerprint density at radius 2 is 1.71 bits per heavy atom. The highest BCUT2D eigenvalue weighted by atomic mass is 35.5. The van der Waals surface area contributed by atoms with Crippen LogP contribution in [-0.2, 0) is 4.79 Å². The van der Waals surface area contributed by atoms with Gasteiger partial charge in [0.1, 0.15) is 5.75 Å². The van der Waals surface area contributed by atoms with E-state index in [9.17, 15) is 4.79 Å². The molecular formula is C22H28ClN3O2. The fraction of sp³-hybridized carbons (Fsp3) is 0.409. The smallest absolute Gasteiger partial charge is 0.258 e. The first-order valence-corrected chi connectivity index (χ1v) is 10.0. The van der Waals surface area contributed by atoms with Crippen LogP contribution in [0.25, 0.3) is 0 Å². The summed E-state index contributed by atoms with van der Waals surface area (Å²) in [7, 11) is 2.15. The summed E-state index contributed by atoms with van der Waals surface area (Å²) in [6, 6.07) is 15.8. The molecule has 1 fully saturated rings. The third kappa shape index (κ3) is 5.96. The van der Waals surface area contributed by atoms with E-state index >= 15 is 0 Å². The Hall–Kier alpha value is -2.08. The first-order chi connectivity index (χ1) is 13.5. The van der Waals surface area contributed by atoms with E-state index in [1.807, 2.05) is 0 Å². The van der Waals surface area contributed by atoms with Crippen LogP contribution >= 0.6 is 11.6 Å². The average molecular weight is 402 g/mol. The van der Waals surface area contributed by atoms with E-state index in [1.165, 1.54) is 11.1 Å². The van der Waals surface area contributed by atoms with Crippen molar-refractivity contribution in [2.45, 2.75) is 13.0 Å². The Labute approximate surface area is 172 Å². The van der Waals surface area contributed by atoms with E-state index in [2.05, 4.69) is 53.4 Å². The average Bonchev–Trinajstić information content (AvgIpc) is 2.70. The van der Waals surface area contributed by atoms with E-state index in [-0.39, 0.29) is 18.6 Å². The number of likely N-dealkylation sites (N-methyl/N-ethyl adjacent to an activating group) is 1. The number of rotatable bonds is 7. The molecule has 0 aliphatic carbocycles. The van der Waals surface area contributed by atoms with Crippen molar-refractivity contribution >= 4 is 17.5 Å². The maximum Gasteiger partial charge on any atom is 0.258 e. The molecule has 150 valence electrons. The van der Waals surface area contributed by atoms with Gasteiger partial charge in [0.05, 0.1) is 6.04 Å². The second-order valence-corrected chi connectivity index (χ2v) is 7.75. The summed E-state index contributed by atoms with van der Waals surface area (Å²) in [6.45, 7) is 6.70. The molecule has 0 unspecified atom stereocenters. The molecular weight excluding hydrogens is 374 g/mol. The first kappa shape index (κ1) is 20.6. The standard InChI is InChI=1S/C22H28ClN3O2/c1-17-3-5-18(6-4-17)21(26-13-11-25(2)12-14-26)15-24-22(27)16-28-20-9-7-19(23)8-10-20/h3-10,21H,11-16H2,1-2H3,(H,24,27)/t21-/m0/s1. The second-order valence-electron chi connectivity index (χ2n) is 7.31. The van der Waals surface area contributed by atoms with Crippen molar-refractivity contribution < 1.29 is 9.53 Å². The molecule has 0 saturated carbocycles. The third-order valence-corrected chi connectivity index (χ3v) is 5.37. The highest BCUT2D eigenvalue weighted by Crippen LogP contribution is 2.22. The number of carbonyl (C=O) groups is 1. The van der Waals surface area contributed by atoms with Gasteiger partial charge in [0.25, 0.3) is 5.91 Å². The van der Waals surface area contributed by atoms with Gasteiger partial charge in [0, 0.05) is 37.7 Å². The van der Waals surface area contributed by atoms with E-state index < -0.39 is 0 Å². The van der Waals surface area contributed by atoms with Crippen molar-refractivity contribution in [2.75, 3.05) is 46.4 Å². The van der Waals surface area contributed by atoms with E-state index in [0.29, 0.717) is 17.3 Å². The van der Waals surface area contributed by atoms with Gasteiger partial charge in [-0.05, 0) is 43.8 Å². The quantitative estimate of drug-likeness (QED) is 0.774. The lowest BCUT2D eigenvalue weighted by Crippen LogP contribution is -2.48. The minimum atomic E-state index is -0.124. The summed E-state index contributed by atoms with van der Waals surface area (Å²) in [6.07, 6.45) is 0. The van der Waals surface area contributed by atoms with Gasteiger partial charge in [0.2, 0.25) is 0 Å². The summed E-state index contributed by atoms with van der Waals surface area (Å²) in [5.74, 6) is 0.509. The molecule has 1 amide bonds. The molecule has 0 radical (unpaired) electrons. The molecule has 28 heavy (non-hydrogen) atoms. The highest BCUT2D eigenvalue weighted by Gasteiger charge is 2.24. The van der Waals surface area contributed by atoms with Crippen molar-refractivity contribution in [2.24, 2.45) is 0 Å². The number of ether oxygens (including phenoxy) is 1. The highest BCUT2D eigenvalue weighted by molar-refractivity contribution is 6.30. The van der Waals surface area contributed by atoms with Crippen LogP contribution in [0.3, 0.4) is 0 Å². The number of hydrogen-bond donors (Lipinski definition) is 1. The molecule has 1 saturated heterocycles. The van der Waals surface area contributed by atoms with Crippen LogP contribution in [0.1, 0.15) is 17.2 Å². The van der Waals surface area contributed by atoms with Crippen LogP contribution in [0, 0.1) is 6.92 Å². The summed E-state index contributed by atoms with van der Waals surface area (Å²) >= 11 is 5.87. The normalized spacial score (nSPS) is 16.5. The molecule has 6 heteroatoms. The largest absolute Gasteiger partial charge is 0.484 e. The van der Waals surface area contributed by atoms with Crippen LogP contribution in [0.2, 0.25) is 5.02 Å². The number of hydrogen-bond acceptors (Lipinski definition) is 4. The fourth-order valence-electron chi connectivity index (χ4n) is 3.32. The zero-order valence-electron chi connectivity index (χ0n) is 16.5. The number of benzene rings is 2. The number of amides is 1. The second kappa shape index (κ2) is 9.92. The molecule has 1 N–H and O–H groups in total. The van der Waals surface area contributed by atoms with Crippen molar-refractivity contribution in [1.82, 2.24) is 15.1 Å². The predicted octanol–water partition coefficient (Wildman–Crippen LogP) is 3.13. The molecule has 2 aromatic rings. The predicted molar refractivity (Wildman–Crippen MR) is 113 cm³/mol. The van der Waals surface area contributed by atoms with E-state index in [1.54, 1.807) is 24.3 Å². The molecule has 1 aliphatic heterocycles. The Balaban J connectivity index is 1.58. The Kier molecular flexibility index (Phi) is 7.31. The van der Waals surface area contributed by atoms with E-state index in [0.717, 1.165) is 26.2 Å². The topological polar surface area (TPSA) is 44.8 Å². The summed E-state index contributed by atoms with van der Waals surface area (Å²) < 4.78 is 5.55. The minimum absolute atomic E-state index is 0.00894. The zero-order chi connectivity index (χ0) is 19.9. The molecule has 3 rings (SSSR count). The molecule has 0 spiro atoms. The van der Waals surface area contributed by atoms with Crippen LogP contribution in [0.4, 0.5) is 0 Å². The van der Waals surface area contributed by atoms with Gasteiger partial charge in [-0.15, -0.1) is 0 Å². The fourth-order valence-corrected chi connectivity index (χ4v) is 3.45. The minimum Gasteiger partial charge on any atom is -0.484 e. The van der Waals surface area contributed by atoms with Crippen molar-refractivity contribution in [1.29, 1.82) is 0 Å². The summed E-state index contributed by atoms with van der Waals surface area (Å²) in [5.41, 5.74) is 2.47. The Bertz CT molecular complexity index is 756. The monoisotopic (exact) mass is 401 g/mol. The van der Waals surface area contributed by atoms with Crippen molar-refractivity contribution in [3.05, 3.63) is 64.7 Å². The van der Waals surface area contributed by atoms with Gasteiger partial charge in [0.15, 0.2) is 6.61 Å². The molecule has 2 aromatic carbocycles. The van der Waals surface area contributed by atoms with Gasteiger partial charge >= 0.3 is 0 Å². The third-order valence-electron chi connectivity index (χ3n) is 5.12. The lowest BCUT2D eigenvalue weighted by atomic mass is 10.0. The first-order valence-electron chi connectivity index (χ1n) is 9.65. The number of halogens is 1. The molecule has 1 aliphatic rings. The lowest BCUT2D eigenvalue weighted by Gasteiger charge is -2.38. The summed E-state index contributed by atoms with van der Waals surface area (Å²) in [5, 5.41) is 3.68. The Morgan fingerprint density at radius 1 is 1.07 bits per heavy atom. The van der Waals surface area contributed by atoms with Crippen molar-refractivity contribution in [3.8, 4) is 5.75 Å². The molecule has 5 nitrogen and oxygen atoms in total. The molecule has 1 heterocycles. The van der Waals surface area contributed by atoms with E-state index in [4.69, 9.17) is 16.3 Å². The maximum absolute atomic E-state index is 12.3. The summed E-state index contributed by atoms with van der Waals surface area (Å²) in [4.78, 5) is 17.1. The van der Waals surface area contributed by atoms with Crippen LogP contribution in [0.5, 0.6) is 5.75 Å². The molecule has 1 atom stereocenters. The van der Waals surface area contributed by atoms with Crippen LogP contribution in [-0.4, -0.2) is 62.1 Å². The number of carbonyl (C=O) groups excluding carboxylic acids is 1. The molecule has 0 aromatic heterocycles. The number of nitrogens with one attached hydrogen (secondary N) is 1. The van der Waals surface area contributed by atoms with Crippen LogP contribution in [0.15, 0.2) is 48.5 Å². The number of aryl methyl sites for hydroxylation is 1. The zero-order valence-corrected chi connectivity index (χ0v) is 17.3. The van der Waals surface area contributed by atoms with Crippen LogP contribution < -0.4 is 10.1 Å². The van der Waals surface area contributed by atoms with Gasteiger partial charge in [-0.1, -0.05) is 41.4 Å². The Morgan fingerprint density at radius 3 is 2.36 bits per heavy atom. The van der Waals surface area contributed by atoms with Gasteiger partial charge in [-0.3, -0.25) is 9.69 Å². The number of piperazine rings is 1. The molecule has 0 bridgehead atoms. The maximum atomic E-state index is 12.3. The lowest BCUT2D eigenvalue weighted by molar-refractivity contribution is -0.123. The van der Waals surface area contributed by atoms with Gasteiger partial charge < -0.3 is 15.0 Å².